The number of sulfonamides is 1. The summed E-state index contributed by atoms with van der Waals surface area (Å²) in [5.74, 6) is 0.564. The van der Waals surface area contributed by atoms with Gasteiger partial charge in [0.2, 0.25) is 0 Å². The molecule has 0 radical (unpaired) electrons. The van der Waals surface area contributed by atoms with Crippen molar-refractivity contribution in [3.8, 4) is 11.5 Å². The molecule has 0 aliphatic carbocycles. The van der Waals surface area contributed by atoms with Gasteiger partial charge in [0.25, 0.3) is 15.9 Å². The number of amides is 1. The van der Waals surface area contributed by atoms with Crippen molar-refractivity contribution in [1.82, 2.24) is 4.90 Å². The molecule has 1 saturated heterocycles. The largest absolute Gasteiger partial charge is 0.496 e. The van der Waals surface area contributed by atoms with Crippen LogP contribution in [-0.4, -0.2) is 46.5 Å². The fraction of sp³-hybridized carbons (Fsp3) is 0.409. The van der Waals surface area contributed by atoms with E-state index < -0.39 is 10.0 Å². The highest BCUT2D eigenvalue weighted by atomic mass is 32.2. The number of hydrogen-bond donors (Lipinski definition) is 1. The van der Waals surface area contributed by atoms with Crippen LogP contribution < -0.4 is 14.2 Å². The van der Waals surface area contributed by atoms with Crippen molar-refractivity contribution >= 4 is 21.6 Å². The molecule has 2 aromatic rings. The van der Waals surface area contributed by atoms with Gasteiger partial charge >= 0.3 is 0 Å². The highest BCUT2D eigenvalue weighted by Crippen LogP contribution is 2.30. The first kappa shape index (κ1) is 22.0. The molecule has 0 bridgehead atoms. The lowest BCUT2D eigenvalue weighted by Crippen LogP contribution is -2.32. The Morgan fingerprint density at radius 1 is 0.933 bits per heavy atom. The van der Waals surface area contributed by atoms with E-state index in [0.717, 1.165) is 31.2 Å². The van der Waals surface area contributed by atoms with E-state index in [-0.39, 0.29) is 16.4 Å². The van der Waals surface area contributed by atoms with Gasteiger partial charge < -0.3 is 14.4 Å². The van der Waals surface area contributed by atoms with Gasteiger partial charge in [0.1, 0.15) is 11.5 Å². The van der Waals surface area contributed by atoms with Gasteiger partial charge in [0.15, 0.2) is 0 Å². The van der Waals surface area contributed by atoms with Crippen LogP contribution >= 0.6 is 0 Å². The number of nitrogens with zero attached hydrogens (tertiary/aromatic N) is 1. The maximum atomic E-state index is 13.1. The number of carbonyl (C=O) groups excluding carboxylic acids is 1. The minimum absolute atomic E-state index is 0.00923. The van der Waals surface area contributed by atoms with Crippen molar-refractivity contribution in [2.75, 3.05) is 32.0 Å². The van der Waals surface area contributed by atoms with E-state index in [1.54, 1.807) is 17.0 Å². The standard InChI is InChI=1S/C22H28N2O5S/c1-16-8-10-21(29-3)19(14-16)23-30(26,27)17-9-11-20(28-2)18(15-17)22(25)24-12-6-4-5-7-13-24/h8-11,14-15,23H,4-7,12-13H2,1-3H3. The first-order valence-electron chi connectivity index (χ1n) is 10.0. The van der Waals surface area contributed by atoms with Crippen LogP contribution in [0.1, 0.15) is 41.6 Å². The Kier molecular flexibility index (Phi) is 6.87. The van der Waals surface area contributed by atoms with Crippen LogP contribution in [0.15, 0.2) is 41.3 Å². The van der Waals surface area contributed by atoms with Crippen LogP contribution in [0.25, 0.3) is 0 Å². The lowest BCUT2D eigenvalue weighted by molar-refractivity contribution is 0.0758. The van der Waals surface area contributed by atoms with E-state index in [0.29, 0.717) is 30.3 Å². The molecule has 1 amide bonds. The molecule has 0 aromatic heterocycles. The number of ether oxygens (including phenoxy) is 2. The number of hydrogen-bond acceptors (Lipinski definition) is 5. The Morgan fingerprint density at radius 2 is 1.57 bits per heavy atom. The average Bonchev–Trinajstić information content (AvgIpc) is 3.02. The molecule has 0 atom stereocenters. The van der Waals surface area contributed by atoms with Gasteiger partial charge in [-0.15, -0.1) is 0 Å². The number of methoxy groups -OCH3 is 2. The van der Waals surface area contributed by atoms with E-state index in [9.17, 15) is 13.2 Å². The van der Waals surface area contributed by atoms with Crippen molar-refractivity contribution in [3.63, 3.8) is 0 Å². The third-order valence-electron chi connectivity index (χ3n) is 5.20. The third kappa shape index (κ3) is 4.87. The molecule has 0 unspecified atom stereocenters. The van der Waals surface area contributed by atoms with Gasteiger partial charge in [0.05, 0.1) is 30.4 Å². The van der Waals surface area contributed by atoms with Gasteiger partial charge in [-0.2, -0.15) is 0 Å². The fourth-order valence-electron chi connectivity index (χ4n) is 3.57. The lowest BCUT2D eigenvalue weighted by atomic mass is 10.1. The summed E-state index contributed by atoms with van der Waals surface area (Å²) in [5, 5.41) is 0. The molecule has 2 aromatic carbocycles. The van der Waals surface area contributed by atoms with Crippen molar-refractivity contribution in [2.45, 2.75) is 37.5 Å². The van der Waals surface area contributed by atoms with Crippen LogP contribution in [0.2, 0.25) is 0 Å². The molecule has 30 heavy (non-hydrogen) atoms. The summed E-state index contributed by atoms with van der Waals surface area (Å²) in [5.41, 5.74) is 1.48. The van der Waals surface area contributed by atoms with E-state index in [1.807, 2.05) is 13.0 Å². The maximum Gasteiger partial charge on any atom is 0.262 e. The van der Waals surface area contributed by atoms with Gasteiger partial charge in [-0.3, -0.25) is 9.52 Å². The number of likely N-dealkylation sites (tertiary alicyclic amines) is 1. The second-order valence-electron chi connectivity index (χ2n) is 7.38. The van der Waals surface area contributed by atoms with Crippen LogP contribution in [0.3, 0.4) is 0 Å². The number of aryl methyl sites for hydroxylation is 1. The predicted octanol–water partition coefficient (Wildman–Crippen LogP) is 3.83. The summed E-state index contributed by atoms with van der Waals surface area (Å²) in [6, 6.07) is 9.58. The Balaban J connectivity index is 1.95. The normalized spacial score (nSPS) is 14.7. The Morgan fingerprint density at radius 3 is 2.20 bits per heavy atom. The molecule has 1 aliphatic rings. The Hall–Kier alpha value is -2.74. The zero-order chi connectivity index (χ0) is 21.7. The molecule has 7 nitrogen and oxygen atoms in total. The molecule has 162 valence electrons. The van der Waals surface area contributed by atoms with Crippen LogP contribution in [0.4, 0.5) is 5.69 Å². The first-order valence-corrected chi connectivity index (χ1v) is 11.5. The fourth-order valence-corrected chi connectivity index (χ4v) is 4.66. The summed E-state index contributed by atoms with van der Waals surface area (Å²) in [7, 11) is -0.987. The van der Waals surface area contributed by atoms with Gasteiger partial charge in [-0.25, -0.2) is 8.42 Å². The van der Waals surface area contributed by atoms with Gasteiger partial charge in [0, 0.05) is 13.1 Å². The minimum atomic E-state index is -3.94. The molecule has 0 saturated carbocycles. The molecular formula is C22H28N2O5S. The molecule has 1 heterocycles. The quantitative estimate of drug-likeness (QED) is 0.750. The van der Waals surface area contributed by atoms with Crippen molar-refractivity contribution in [2.24, 2.45) is 0 Å². The topological polar surface area (TPSA) is 84.9 Å². The van der Waals surface area contributed by atoms with E-state index in [2.05, 4.69) is 4.72 Å². The number of benzene rings is 2. The number of nitrogens with one attached hydrogen (secondary N) is 1. The summed E-state index contributed by atoms with van der Waals surface area (Å²) in [4.78, 5) is 14.9. The van der Waals surface area contributed by atoms with Crippen LogP contribution in [-0.2, 0) is 10.0 Å². The summed E-state index contributed by atoms with van der Waals surface area (Å²) in [6.07, 6.45) is 4.08. The van der Waals surface area contributed by atoms with Gasteiger partial charge in [-0.05, 0) is 55.7 Å². The number of rotatable bonds is 6. The van der Waals surface area contributed by atoms with Crippen LogP contribution in [0.5, 0.6) is 11.5 Å². The first-order chi connectivity index (χ1) is 14.4. The molecule has 3 rings (SSSR count). The molecule has 8 heteroatoms. The van der Waals surface area contributed by atoms with Crippen molar-refractivity contribution in [1.29, 1.82) is 0 Å². The summed E-state index contributed by atoms with van der Waals surface area (Å²) >= 11 is 0. The smallest absolute Gasteiger partial charge is 0.262 e. The Labute approximate surface area is 178 Å². The zero-order valence-corrected chi connectivity index (χ0v) is 18.4. The third-order valence-corrected chi connectivity index (χ3v) is 6.57. The number of anilines is 1. The molecule has 0 spiro atoms. The van der Waals surface area contributed by atoms with Gasteiger partial charge in [-0.1, -0.05) is 18.9 Å². The summed E-state index contributed by atoms with van der Waals surface area (Å²) < 4.78 is 39.3. The number of carbonyl (C=O) groups is 1. The molecule has 1 N–H and O–H groups in total. The lowest BCUT2D eigenvalue weighted by Gasteiger charge is -2.22. The molecule has 1 fully saturated rings. The van der Waals surface area contributed by atoms with Crippen molar-refractivity contribution < 1.29 is 22.7 Å². The second-order valence-corrected chi connectivity index (χ2v) is 9.06. The van der Waals surface area contributed by atoms with E-state index in [4.69, 9.17) is 9.47 Å². The van der Waals surface area contributed by atoms with Crippen molar-refractivity contribution in [3.05, 3.63) is 47.5 Å². The SMILES string of the molecule is COc1ccc(C)cc1NS(=O)(=O)c1ccc(OC)c(C(=O)N2CCCCCC2)c1. The maximum absolute atomic E-state index is 13.1. The molecule has 1 aliphatic heterocycles. The van der Waals surface area contributed by atoms with Crippen LogP contribution in [0, 0.1) is 6.92 Å². The highest BCUT2D eigenvalue weighted by Gasteiger charge is 2.24. The monoisotopic (exact) mass is 432 g/mol. The predicted molar refractivity (Wildman–Crippen MR) is 116 cm³/mol. The average molecular weight is 433 g/mol. The van der Waals surface area contributed by atoms with E-state index in [1.165, 1.54) is 32.4 Å². The Bertz CT molecular complexity index is 1010. The van der Waals surface area contributed by atoms with E-state index >= 15 is 0 Å². The summed E-state index contributed by atoms with van der Waals surface area (Å²) in [6.45, 7) is 3.19. The molecular weight excluding hydrogens is 404 g/mol. The minimum Gasteiger partial charge on any atom is -0.496 e. The zero-order valence-electron chi connectivity index (χ0n) is 17.6. The second kappa shape index (κ2) is 9.38. The highest BCUT2D eigenvalue weighted by molar-refractivity contribution is 7.92.